The first kappa shape index (κ1) is 17.7. The van der Waals surface area contributed by atoms with Crippen LogP contribution in [0.5, 0.6) is 5.75 Å². The molecule has 0 aliphatic carbocycles. The van der Waals surface area contributed by atoms with Crippen molar-refractivity contribution < 1.29 is 14.1 Å². The topological polar surface area (TPSA) is 64.4 Å². The van der Waals surface area contributed by atoms with Gasteiger partial charge in [0.2, 0.25) is 0 Å². The van der Waals surface area contributed by atoms with E-state index in [0.717, 1.165) is 28.1 Å². The average molecular weight is 350 g/mol. The predicted octanol–water partition coefficient (Wildman–Crippen LogP) is 3.96. The summed E-state index contributed by atoms with van der Waals surface area (Å²) in [5.41, 5.74) is 5.09. The number of benzene rings is 2. The Bertz CT molecular complexity index is 898. The summed E-state index contributed by atoms with van der Waals surface area (Å²) in [4.78, 5) is 12.0. The van der Waals surface area contributed by atoms with E-state index in [-0.39, 0.29) is 19.1 Å². The molecule has 0 atom stereocenters. The molecule has 0 saturated heterocycles. The van der Waals surface area contributed by atoms with Gasteiger partial charge in [0.25, 0.3) is 5.91 Å². The van der Waals surface area contributed by atoms with E-state index in [2.05, 4.69) is 10.5 Å². The Morgan fingerprint density at radius 3 is 2.65 bits per heavy atom. The predicted molar refractivity (Wildman–Crippen MR) is 99.9 cm³/mol. The molecule has 26 heavy (non-hydrogen) atoms. The molecule has 1 N–H and O–H groups in total. The number of amides is 1. The molecule has 5 heteroatoms. The van der Waals surface area contributed by atoms with Gasteiger partial charge >= 0.3 is 0 Å². The second-order valence-corrected chi connectivity index (χ2v) is 6.31. The third-order valence-corrected chi connectivity index (χ3v) is 4.28. The van der Waals surface area contributed by atoms with Gasteiger partial charge in [-0.15, -0.1) is 0 Å². The van der Waals surface area contributed by atoms with E-state index in [0.29, 0.717) is 5.76 Å². The van der Waals surface area contributed by atoms with Crippen molar-refractivity contribution in [3.8, 4) is 17.0 Å². The number of nitrogens with one attached hydrogen (secondary N) is 1. The van der Waals surface area contributed by atoms with Crippen molar-refractivity contribution in [3.05, 3.63) is 71.0 Å². The molecular formula is C21H22N2O3. The lowest BCUT2D eigenvalue weighted by molar-refractivity contribution is -0.123. The lowest BCUT2D eigenvalue weighted by Gasteiger charge is -2.10. The van der Waals surface area contributed by atoms with Gasteiger partial charge in [0, 0.05) is 11.6 Å². The van der Waals surface area contributed by atoms with Crippen LogP contribution in [0.25, 0.3) is 11.3 Å². The van der Waals surface area contributed by atoms with Gasteiger partial charge < -0.3 is 14.6 Å². The Balaban J connectivity index is 1.52. The summed E-state index contributed by atoms with van der Waals surface area (Å²) in [5.74, 6) is 1.11. The zero-order chi connectivity index (χ0) is 18.5. The molecular weight excluding hydrogens is 328 g/mol. The standard InChI is InChI=1S/C21H22N2O3/c1-14-7-9-17(10-8-14)19-11-18(26-23-19)12-22-21(24)13-25-20-6-4-5-15(2)16(20)3/h4-11H,12-13H2,1-3H3,(H,22,24). The number of aryl methyl sites for hydroxylation is 2. The maximum absolute atomic E-state index is 12.0. The van der Waals surface area contributed by atoms with Gasteiger partial charge in [-0.1, -0.05) is 47.1 Å². The molecule has 1 amide bonds. The summed E-state index contributed by atoms with van der Waals surface area (Å²) >= 11 is 0. The first-order valence-electron chi connectivity index (χ1n) is 8.51. The lowest BCUT2D eigenvalue weighted by atomic mass is 10.1. The van der Waals surface area contributed by atoms with Gasteiger partial charge in [-0.2, -0.15) is 0 Å². The number of hydrogen-bond donors (Lipinski definition) is 1. The molecule has 0 aliphatic rings. The van der Waals surface area contributed by atoms with E-state index in [1.807, 2.05) is 69.3 Å². The van der Waals surface area contributed by atoms with Crippen molar-refractivity contribution in [1.82, 2.24) is 10.5 Å². The minimum Gasteiger partial charge on any atom is -0.483 e. The minimum absolute atomic E-state index is 0.0384. The van der Waals surface area contributed by atoms with Crippen LogP contribution >= 0.6 is 0 Å². The normalized spacial score (nSPS) is 10.6. The molecule has 0 spiro atoms. The van der Waals surface area contributed by atoms with E-state index in [4.69, 9.17) is 9.26 Å². The van der Waals surface area contributed by atoms with Crippen molar-refractivity contribution in [2.75, 3.05) is 6.61 Å². The smallest absolute Gasteiger partial charge is 0.258 e. The molecule has 0 aliphatic heterocycles. The number of rotatable bonds is 6. The van der Waals surface area contributed by atoms with Crippen molar-refractivity contribution >= 4 is 5.91 Å². The van der Waals surface area contributed by atoms with Gasteiger partial charge in [0.1, 0.15) is 11.4 Å². The van der Waals surface area contributed by atoms with Gasteiger partial charge in [-0.25, -0.2) is 0 Å². The molecule has 1 heterocycles. The van der Waals surface area contributed by atoms with E-state index < -0.39 is 0 Å². The maximum Gasteiger partial charge on any atom is 0.258 e. The molecule has 0 bridgehead atoms. The summed E-state index contributed by atoms with van der Waals surface area (Å²) in [6.45, 7) is 6.26. The van der Waals surface area contributed by atoms with Crippen LogP contribution in [0.15, 0.2) is 53.1 Å². The Morgan fingerprint density at radius 2 is 1.88 bits per heavy atom. The van der Waals surface area contributed by atoms with Crippen molar-refractivity contribution in [2.45, 2.75) is 27.3 Å². The van der Waals surface area contributed by atoms with Crippen molar-refractivity contribution in [2.24, 2.45) is 0 Å². The molecule has 3 aromatic rings. The van der Waals surface area contributed by atoms with Crippen LogP contribution in [0.4, 0.5) is 0 Å². The first-order chi connectivity index (χ1) is 12.5. The fourth-order valence-corrected chi connectivity index (χ4v) is 2.52. The number of hydrogen-bond acceptors (Lipinski definition) is 4. The molecule has 3 rings (SSSR count). The van der Waals surface area contributed by atoms with Gasteiger partial charge in [-0.3, -0.25) is 4.79 Å². The quantitative estimate of drug-likeness (QED) is 0.731. The Labute approximate surface area is 153 Å². The summed E-state index contributed by atoms with van der Waals surface area (Å²) in [6.07, 6.45) is 0. The monoisotopic (exact) mass is 350 g/mol. The van der Waals surface area contributed by atoms with Gasteiger partial charge in [-0.05, 0) is 38.0 Å². The fraction of sp³-hybridized carbons (Fsp3) is 0.238. The SMILES string of the molecule is Cc1ccc(-c2cc(CNC(=O)COc3cccc(C)c3C)on2)cc1. The second kappa shape index (κ2) is 7.87. The maximum atomic E-state index is 12.0. The van der Waals surface area contributed by atoms with Crippen LogP contribution in [-0.2, 0) is 11.3 Å². The van der Waals surface area contributed by atoms with Crippen LogP contribution in [0.3, 0.4) is 0 Å². The zero-order valence-electron chi connectivity index (χ0n) is 15.2. The van der Waals surface area contributed by atoms with Crippen LogP contribution in [0.1, 0.15) is 22.5 Å². The zero-order valence-corrected chi connectivity index (χ0v) is 15.2. The fourth-order valence-electron chi connectivity index (χ4n) is 2.52. The highest BCUT2D eigenvalue weighted by Crippen LogP contribution is 2.21. The number of nitrogens with zero attached hydrogens (tertiary/aromatic N) is 1. The Morgan fingerprint density at radius 1 is 1.12 bits per heavy atom. The minimum atomic E-state index is -0.209. The van der Waals surface area contributed by atoms with Gasteiger partial charge in [0.15, 0.2) is 12.4 Å². The average Bonchev–Trinajstić information content (AvgIpc) is 3.11. The van der Waals surface area contributed by atoms with Crippen LogP contribution in [0, 0.1) is 20.8 Å². The molecule has 134 valence electrons. The Kier molecular flexibility index (Phi) is 5.37. The van der Waals surface area contributed by atoms with E-state index in [9.17, 15) is 4.79 Å². The molecule has 0 radical (unpaired) electrons. The molecule has 0 unspecified atom stereocenters. The van der Waals surface area contributed by atoms with E-state index in [1.54, 1.807) is 0 Å². The van der Waals surface area contributed by atoms with Crippen LogP contribution in [-0.4, -0.2) is 17.7 Å². The highest BCUT2D eigenvalue weighted by atomic mass is 16.5. The second-order valence-electron chi connectivity index (χ2n) is 6.31. The van der Waals surface area contributed by atoms with Crippen LogP contribution < -0.4 is 10.1 Å². The summed E-state index contributed by atoms with van der Waals surface area (Å²) in [6, 6.07) is 15.7. The van der Waals surface area contributed by atoms with Crippen LogP contribution in [0.2, 0.25) is 0 Å². The molecule has 1 aromatic heterocycles. The molecule has 0 fully saturated rings. The molecule has 5 nitrogen and oxygen atoms in total. The van der Waals surface area contributed by atoms with E-state index in [1.165, 1.54) is 5.56 Å². The van der Waals surface area contributed by atoms with Crippen molar-refractivity contribution in [3.63, 3.8) is 0 Å². The highest BCUT2D eigenvalue weighted by Gasteiger charge is 2.09. The summed E-state index contributed by atoms with van der Waals surface area (Å²) in [7, 11) is 0. The third-order valence-electron chi connectivity index (χ3n) is 4.28. The number of carbonyl (C=O) groups is 1. The van der Waals surface area contributed by atoms with E-state index >= 15 is 0 Å². The molecule has 0 saturated carbocycles. The third kappa shape index (κ3) is 4.30. The first-order valence-corrected chi connectivity index (χ1v) is 8.51. The molecule has 2 aromatic carbocycles. The lowest BCUT2D eigenvalue weighted by Crippen LogP contribution is -2.28. The van der Waals surface area contributed by atoms with Crippen molar-refractivity contribution in [1.29, 1.82) is 0 Å². The number of ether oxygens (including phenoxy) is 1. The van der Waals surface area contributed by atoms with Gasteiger partial charge in [0.05, 0.1) is 6.54 Å². The summed E-state index contributed by atoms with van der Waals surface area (Å²) < 4.78 is 10.9. The Hall–Kier alpha value is -3.08. The largest absolute Gasteiger partial charge is 0.483 e. The highest BCUT2D eigenvalue weighted by molar-refractivity contribution is 5.77. The number of carbonyl (C=O) groups excluding carboxylic acids is 1. The summed E-state index contributed by atoms with van der Waals surface area (Å²) in [5, 5.41) is 6.83. The number of aromatic nitrogens is 1.